The van der Waals surface area contributed by atoms with Crippen molar-refractivity contribution in [3.63, 3.8) is 0 Å². The summed E-state index contributed by atoms with van der Waals surface area (Å²) < 4.78 is 7.21. The number of halogens is 1. The molecule has 3 rings (SSSR count). The van der Waals surface area contributed by atoms with Gasteiger partial charge in [0.25, 0.3) is 0 Å². The molecule has 0 fully saturated rings. The highest BCUT2D eigenvalue weighted by Crippen LogP contribution is 2.17. The van der Waals surface area contributed by atoms with Gasteiger partial charge < -0.3 is 15.2 Å². The van der Waals surface area contributed by atoms with Crippen LogP contribution in [-0.2, 0) is 6.54 Å². The third-order valence-electron chi connectivity index (χ3n) is 4.31. The monoisotopic (exact) mass is 494 g/mol. The van der Waals surface area contributed by atoms with Crippen LogP contribution in [0.4, 0.5) is 0 Å². The van der Waals surface area contributed by atoms with Crippen LogP contribution in [-0.4, -0.2) is 27.9 Å². The predicted molar refractivity (Wildman–Crippen MR) is 121 cm³/mol. The summed E-state index contributed by atoms with van der Waals surface area (Å²) in [5.74, 6) is 1.84. The number of rotatable bonds is 6. The van der Waals surface area contributed by atoms with Crippen LogP contribution in [0.3, 0.4) is 0 Å². The number of guanidine groups is 1. The van der Waals surface area contributed by atoms with E-state index in [0.29, 0.717) is 18.4 Å². The van der Waals surface area contributed by atoms with Crippen molar-refractivity contribution in [1.82, 2.24) is 25.6 Å². The maximum Gasteiger partial charge on any atom is 0.191 e. The van der Waals surface area contributed by atoms with Crippen molar-refractivity contribution in [2.24, 2.45) is 4.99 Å². The van der Waals surface area contributed by atoms with E-state index in [2.05, 4.69) is 58.8 Å². The van der Waals surface area contributed by atoms with E-state index < -0.39 is 0 Å². The van der Waals surface area contributed by atoms with E-state index in [4.69, 9.17) is 4.52 Å². The van der Waals surface area contributed by atoms with Gasteiger partial charge >= 0.3 is 0 Å². The van der Waals surface area contributed by atoms with Crippen LogP contribution in [0, 0.1) is 0 Å². The third kappa shape index (κ3) is 5.57. The fourth-order valence-corrected chi connectivity index (χ4v) is 2.70. The Bertz CT molecular complexity index is 888. The maximum absolute atomic E-state index is 5.36. The zero-order valence-electron chi connectivity index (χ0n) is 16.6. The molecule has 0 aliphatic heterocycles. The Morgan fingerprint density at radius 1 is 1.21 bits per heavy atom. The topological polar surface area (TPSA) is 80.3 Å². The summed E-state index contributed by atoms with van der Waals surface area (Å²) in [5, 5.41) is 15.0. The van der Waals surface area contributed by atoms with Crippen LogP contribution in [0.5, 0.6) is 0 Å². The number of hydrogen-bond donors (Lipinski definition) is 2. The molecule has 3 aromatic rings. The second-order valence-corrected chi connectivity index (χ2v) is 6.71. The van der Waals surface area contributed by atoms with E-state index in [0.717, 1.165) is 22.7 Å². The van der Waals surface area contributed by atoms with Gasteiger partial charge in [0.1, 0.15) is 0 Å². The molecule has 0 amide bonds. The molecular weight excluding hydrogens is 467 g/mol. The van der Waals surface area contributed by atoms with Crippen molar-refractivity contribution in [2.45, 2.75) is 39.3 Å². The first kappa shape index (κ1) is 21.9. The standard InChI is InChI=1S/C20H26N6O.HI/c1-14(2)19-12-18(27-25-19)13-22-20(21-4)24-15(3)16-7-5-8-17(11-16)26-10-6-9-23-26;/h5-12,14-15H,13H2,1-4H3,(H2,21,22,24);1H. The molecule has 0 spiro atoms. The zero-order valence-corrected chi connectivity index (χ0v) is 18.9. The highest BCUT2D eigenvalue weighted by Gasteiger charge is 2.11. The summed E-state index contributed by atoms with van der Waals surface area (Å²) in [4.78, 5) is 4.30. The average molecular weight is 494 g/mol. The van der Waals surface area contributed by atoms with Crippen molar-refractivity contribution in [3.05, 3.63) is 65.8 Å². The number of nitrogens with zero attached hydrogens (tertiary/aromatic N) is 4. The Morgan fingerprint density at radius 2 is 2.04 bits per heavy atom. The van der Waals surface area contributed by atoms with Crippen LogP contribution in [0.2, 0.25) is 0 Å². The van der Waals surface area contributed by atoms with Crippen LogP contribution in [0.15, 0.2) is 58.3 Å². The molecule has 0 radical (unpaired) electrons. The summed E-state index contributed by atoms with van der Waals surface area (Å²) in [6.45, 7) is 6.81. The second-order valence-electron chi connectivity index (χ2n) is 6.71. The molecule has 1 aromatic carbocycles. The van der Waals surface area contributed by atoms with Crippen molar-refractivity contribution in [2.75, 3.05) is 7.05 Å². The number of benzene rings is 1. The highest BCUT2D eigenvalue weighted by atomic mass is 127. The molecular formula is C20H27IN6O. The Kier molecular flexibility index (Phi) is 8.04. The molecule has 2 aromatic heterocycles. The van der Waals surface area contributed by atoms with E-state index in [1.165, 1.54) is 0 Å². The van der Waals surface area contributed by atoms with Gasteiger partial charge in [-0.1, -0.05) is 31.1 Å². The molecule has 0 saturated carbocycles. The Labute approximate surface area is 182 Å². The van der Waals surface area contributed by atoms with Crippen molar-refractivity contribution < 1.29 is 4.52 Å². The summed E-state index contributed by atoms with van der Waals surface area (Å²) in [5.41, 5.74) is 3.13. The molecule has 150 valence electrons. The lowest BCUT2D eigenvalue weighted by atomic mass is 10.1. The highest BCUT2D eigenvalue weighted by molar-refractivity contribution is 14.0. The van der Waals surface area contributed by atoms with Gasteiger partial charge in [-0.2, -0.15) is 5.10 Å². The van der Waals surface area contributed by atoms with Crippen LogP contribution >= 0.6 is 24.0 Å². The van der Waals surface area contributed by atoms with Crippen molar-refractivity contribution in [1.29, 1.82) is 0 Å². The minimum atomic E-state index is 0. The van der Waals surface area contributed by atoms with Crippen LogP contribution in [0.1, 0.15) is 49.7 Å². The minimum Gasteiger partial charge on any atom is -0.359 e. The van der Waals surface area contributed by atoms with Gasteiger partial charge in [0.15, 0.2) is 11.7 Å². The average Bonchev–Trinajstić information content (AvgIpc) is 3.37. The van der Waals surface area contributed by atoms with Crippen molar-refractivity contribution in [3.8, 4) is 5.69 Å². The number of aliphatic imine (C=N–C) groups is 1. The first-order chi connectivity index (χ1) is 13.1. The van der Waals surface area contributed by atoms with Gasteiger partial charge in [-0.05, 0) is 36.6 Å². The quantitative estimate of drug-likeness (QED) is 0.307. The van der Waals surface area contributed by atoms with Gasteiger partial charge in [0.2, 0.25) is 0 Å². The SMILES string of the molecule is CN=C(NCc1cc(C(C)C)no1)NC(C)c1cccc(-n2cccn2)c1.I. The number of hydrogen-bond acceptors (Lipinski definition) is 4. The summed E-state index contributed by atoms with van der Waals surface area (Å²) >= 11 is 0. The Balaban J connectivity index is 0.00000280. The molecule has 0 bridgehead atoms. The normalized spacial score (nSPS) is 12.5. The van der Waals surface area contributed by atoms with Gasteiger partial charge in [0, 0.05) is 25.5 Å². The van der Waals surface area contributed by atoms with E-state index in [9.17, 15) is 0 Å². The number of nitrogens with one attached hydrogen (secondary N) is 2. The van der Waals surface area contributed by atoms with Gasteiger partial charge in [-0.25, -0.2) is 4.68 Å². The Hall–Kier alpha value is -2.36. The third-order valence-corrected chi connectivity index (χ3v) is 4.31. The smallest absolute Gasteiger partial charge is 0.191 e. The zero-order chi connectivity index (χ0) is 19.2. The van der Waals surface area contributed by atoms with Crippen LogP contribution in [0.25, 0.3) is 5.69 Å². The second kappa shape index (κ2) is 10.3. The fourth-order valence-electron chi connectivity index (χ4n) is 2.70. The predicted octanol–water partition coefficient (Wildman–Crippen LogP) is 4.03. The lowest BCUT2D eigenvalue weighted by Gasteiger charge is -2.18. The minimum absolute atomic E-state index is 0. The van der Waals surface area contributed by atoms with Crippen molar-refractivity contribution >= 4 is 29.9 Å². The summed E-state index contributed by atoms with van der Waals surface area (Å²) in [6, 6.07) is 12.2. The van der Waals surface area contributed by atoms with Gasteiger partial charge in [0.05, 0.1) is 24.0 Å². The molecule has 1 unspecified atom stereocenters. The van der Waals surface area contributed by atoms with E-state index in [1.54, 1.807) is 13.2 Å². The summed E-state index contributed by atoms with van der Waals surface area (Å²) in [7, 11) is 1.75. The maximum atomic E-state index is 5.36. The summed E-state index contributed by atoms with van der Waals surface area (Å²) in [6.07, 6.45) is 3.70. The first-order valence-corrected chi connectivity index (χ1v) is 9.09. The molecule has 1 atom stereocenters. The largest absolute Gasteiger partial charge is 0.359 e. The Morgan fingerprint density at radius 3 is 2.68 bits per heavy atom. The lowest BCUT2D eigenvalue weighted by Crippen LogP contribution is -2.38. The molecule has 0 aliphatic carbocycles. The molecule has 2 N–H and O–H groups in total. The van der Waals surface area contributed by atoms with E-state index in [-0.39, 0.29) is 30.0 Å². The fraction of sp³-hybridized carbons (Fsp3) is 0.350. The molecule has 8 heteroatoms. The molecule has 2 heterocycles. The molecule has 0 saturated heterocycles. The number of aromatic nitrogens is 3. The van der Waals surface area contributed by atoms with Gasteiger partial charge in [-0.15, -0.1) is 24.0 Å². The first-order valence-electron chi connectivity index (χ1n) is 9.09. The molecule has 28 heavy (non-hydrogen) atoms. The van der Waals surface area contributed by atoms with E-state index >= 15 is 0 Å². The van der Waals surface area contributed by atoms with Gasteiger partial charge in [-0.3, -0.25) is 4.99 Å². The van der Waals surface area contributed by atoms with Crippen LogP contribution < -0.4 is 10.6 Å². The molecule has 7 nitrogen and oxygen atoms in total. The lowest BCUT2D eigenvalue weighted by molar-refractivity contribution is 0.371. The molecule has 0 aliphatic rings. The van der Waals surface area contributed by atoms with E-state index in [1.807, 2.05) is 35.1 Å².